The highest BCUT2D eigenvalue weighted by Crippen LogP contribution is 2.33. The second-order valence-corrected chi connectivity index (χ2v) is 3.86. The van der Waals surface area contributed by atoms with E-state index in [1.54, 1.807) is 6.92 Å². The van der Waals surface area contributed by atoms with Crippen LogP contribution in [-0.2, 0) is 4.79 Å². The van der Waals surface area contributed by atoms with Crippen molar-refractivity contribution in [1.29, 1.82) is 0 Å². The van der Waals surface area contributed by atoms with Crippen LogP contribution in [0.25, 0.3) is 0 Å². The SMILES string of the molecule is [CH2]C1CCC(C(C)=O)CC1C. The first kappa shape index (κ1) is 8.76. The molecule has 11 heavy (non-hydrogen) atoms. The predicted octanol–water partition coefficient (Wildman–Crippen LogP) is 2.46. The number of hydrogen-bond acceptors (Lipinski definition) is 1. The average Bonchev–Trinajstić information content (AvgIpc) is 1.94. The Labute approximate surface area is 69.2 Å². The lowest BCUT2D eigenvalue weighted by Gasteiger charge is -2.30. The van der Waals surface area contributed by atoms with E-state index in [0.717, 1.165) is 19.3 Å². The molecule has 1 fully saturated rings. The van der Waals surface area contributed by atoms with Crippen LogP contribution in [0, 0.1) is 24.7 Å². The predicted molar refractivity (Wildman–Crippen MR) is 46.0 cm³/mol. The topological polar surface area (TPSA) is 17.1 Å². The van der Waals surface area contributed by atoms with Gasteiger partial charge in [0.1, 0.15) is 5.78 Å². The van der Waals surface area contributed by atoms with Crippen LogP contribution < -0.4 is 0 Å². The number of carbonyl (C=O) groups excluding carboxylic acids is 1. The van der Waals surface area contributed by atoms with Gasteiger partial charge in [0, 0.05) is 5.92 Å². The van der Waals surface area contributed by atoms with Gasteiger partial charge >= 0.3 is 0 Å². The molecule has 0 aromatic heterocycles. The van der Waals surface area contributed by atoms with Crippen LogP contribution >= 0.6 is 0 Å². The van der Waals surface area contributed by atoms with E-state index in [4.69, 9.17) is 0 Å². The minimum absolute atomic E-state index is 0.336. The summed E-state index contributed by atoms with van der Waals surface area (Å²) in [7, 11) is 0. The molecule has 0 aromatic carbocycles. The summed E-state index contributed by atoms with van der Waals surface area (Å²) in [4.78, 5) is 11.0. The third-order valence-electron chi connectivity index (χ3n) is 2.92. The highest BCUT2D eigenvalue weighted by atomic mass is 16.1. The van der Waals surface area contributed by atoms with E-state index in [0.29, 0.717) is 23.5 Å². The van der Waals surface area contributed by atoms with Gasteiger partial charge in [-0.3, -0.25) is 4.79 Å². The minimum Gasteiger partial charge on any atom is -0.300 e. The van der Waals surface area contributed by atoms with Crippen LogP contribution in [0.4, 0.5) is 0 Å². The van der Waals surface area contributed by atoms with Crippen molar-refractivity contribution in [3.63, 3.8) is 0 Å². The fourth-order valence-electron chi connectivity index (χ4n) is 1.83. The second-order valence-electron chi connectivity index (χ2n) is 3.86. The summed E-state index contributed by atoms with van der Waals surface area (Å²) >= 11 is 0. The molecule has 0 N–H and O–H groups in total. The summed E-state index contributed by atoms with van der Waals surface area (Å²) < 4.78 is 0. The summed E-state index contributed by atoms with van der Waals surface area (Å²) in [6, 6.07) is 0. The van der Waals surface area contributed by atoms with Gasteiger partial charge in [0.2, 0.25) is 0 Å². The lowest BCUT2D eigenvalue weighted by atomic mass is 9.75. The lowest BCUT2D eigenvalue weighted by Crippen LogP contribution is -2.24. The Morgan fingerprint density at radius 1 is 1.45 bits per heavy atom. The summed E-state index contributed by atoms with van der Waals surface area (Å²) in [5.74, 6) is 1.91. The molecular formula is C10H17O. The van der Waals surface area contributed by atoms with Crippen LogP contribution in [-0.4, -0.2) is 5.78 Å². The van der Waals surface area contributed by atoms with Crippen molar-refractivity contribution >= 4 is 5.78 Å². The summed E-state index contributed by atoms with van der Waals surface area (Å²) in [6.07, 6.45) is 3.25. The molecule has 3 unspecified atom stereocenters. The van der Waals surface area contributed by atoms with Crippen molar-refractivity contribution < 1.29 is 4.79 Å². The normalized spacial score (nSPS) is 38.6. The third-order valence-corrected chi connectivity index (χ3v) is 2.92. The van der Waals surface area contributed by atoms with Crippen LogP contribution in [0.5, 0.6) is 0 Å². The molecule has 0 spiro atoms. The quantitative estimate of drug-likeness (QED) is 0.565. The van der Waals surface area contributed by atoms with Crippen LogP contribution in [0.1, 0.15) is 33.1 Å². The van der Waals surface area contributed by atoms with Crippen molar-refractivity contribution in [3.8, 4) is 0 Å². The Hall–Kier alpha value is -0.330. The fraction of sp³-hybridized carbons (Fsp3) is 0.800. The van der Waals surface area contributed by atoms with Crippen LogP contribution in [0.3, 0.4) is 0 Å². The number of hydrogen-bond donors (Lipinski definition) is 0. The van der Waals surface area contributed by atoms with E-state index in [2.05, 4.69) is 13.8 Å². The van der Waals surface area contributed by atoms with Crippen LogP contribution in [0.2, 0.25) is 0 Å². The molecule has 1 saturated carbocycles. The van der Waals surface area contributed by atoms with Gasteiger partial charge in [0.15, 0.2) is 0 Å². The molecule has 0 saturated heterocycles. The molecule has 0 aliphatic heterocycles. The molecule has 1 radical (unpaired) electrons. The highest BCUT2D eigenvalue weighted by molar-refractivity contribution is 5.78. The zero-order valence-corrected chi connectivity index (χ0v) is 7.47. The number of Topliss-reactive ketones (excluding diaryl/α,β-unsaturated/α-hetero) is 1. The van der Waals surface area contributed by atoms with Gasteiger partial charge in [-0.25, -0.2) is 0 Å². The first-order valence-corrected chi connectivity index (χ1v) is 4.44. The largest absolute Gasteiger partial charge is 0.300 e. The van der Waals surface area contributed by atoms with E-state index < -0.39 is 0 Å². The average molecular weight is 153 g/mol. The Morgan fingerprint density at radius 2 is 2.09 bits per heavy atom. The van der Waals surface area contributed by atoms with E-state index in [-0.39, 0.29) is 0 Å². The van der Waals surface area contributed by atoms with E-state index in [1.165, 1.54) is 0 Å². The Kier molecular flexibility index (Phi) is 2.69. The molecule has 3 atom stereocenters. The molecule has 0 amide bonds. The maximum absolute atomic E-state index is 11.0. The number of carbonyl (C=O) groups is 1. The maximum Gasteiger partial charge on any atom is 0.132 e. The van der Waals surface area contributed by atoms with Gasteiger partial charge in [-0.15, -0.1) is 0 Å². The molecule has 1 aliphatic carbocycles. The summed E-state index contributed by atoms with van der Waals surface area (Å²) in [5, 5.41) is 0. The number of rotatable bonds is 1. The van der Waals surface area contributed by atoms with Crippen molar-refractivity contribution in [2.75, 3.05) is 0 Å². The van der Waals surface area contributed by atoms with Gasteiger partial charge in [0.25, 0.3) is 0 Å². The monoisotopic (exact) mass is 153 g/mol. The smallest absolute Gasteiger partial charge is 0.132 e. The van der Waals surface area contributed by atoms with Gasteiger partial charge in [-0.05, 0) is 44.9 Å². The molecule has 1 nitrogen and oxygen atoms in total. The summed E-state index contributed by atoms with van der Waals surface area (Å²) in [5.41, 5.74) is 0. The molecule has 1 aliphatic rings. The van der Waals surface area contributed by atoms with Gasteiger partial charge < -0.3 is 0 Å². The highest BCUT2D eigenvalue weighted by Gasteiger charge is 2.26. The van der Waals surface area contributed by atoms with Crippen molar-refractivity contribution in [2.24, 2.45) is 17.8 Å². The van der Waals surface area contributed by atoms with Gasteiger partial charge in [-0.2, -0.15) is 0 Å². The zero-order valence-electron chi connectivity index (χ0n) is 7.47. The van der Waals surface area contributed by atoms with Gasteiger partial charge in [0.05, 0.1) is 0 Å². The fourth-order valence-corrected chi connectivity index (χ4v) is 1.83. The van der Waals surface area contributed by atoms with Crippen molar-refractivity contribution in [1.82, 2.24) is 0 Å². The molecule has 1 rings (SSSR count). The first-order chi connectivity index (χ1) is 5.11. The third kappa shape index (κ3) is 2.05. The Balaban J connectivity index is 2.46. The number of ketones is 1. The minimum atomic E-state index is 0.336. The maximum atomic E-state index is 11.0. The zero-order chi connectivity index (χ0) is 8.43. The first-order valence-electron chi connectivity index (χ1n) is 4.44. The van der Waals surface area contributed by atoms with E-state index in [9.17, 15) is 4.79 Å². The second kappa shape index (κ2) is 3.38. The van der Waals surface area contributed by atoms with E-state index in [1.807, 2.05) is 0 Å². The molecule has 0 aromatic rings. The van der Waals surface area contributed by atoms with Crippen molar-refractivity contribution in [2.45, 2.75) is 33.1 Å². The summed E-state index contributed by atoms with van der Waals surface area (Å²) in [6.45, 7) is 7.97. The van der Waals surface area contributed by atoms with Gasteiger partial charge in [-0.1, -0.05) is 6.92 Å². The Morgan fingerprint density at radius 3 is 2.55 bits per heavy atom. The standard InChI is InChI=1S/C10H17O/c1-7-4-5-10(9(3)11)6-8(7)2/h7-8,10H,1,4-6H2,2-3H3. The van der Waals surface area contributed by atoms with E-state index >= 15 is 0 Å². The Bertz CT molecular complexity index is 151. The molecular weight excluding hydrogens is 136 g/mol. The molecule has 1 heteroatoms. The van der Waals surface area contributed by atoms with Crippen molar-refractivity contribution in [3.05, 3.63) is 6.92 Å². The molecule has 63 valence electrons. The molecule has 0 heterocycles. The van der Waals surface area contributed by atoms with Crippen LogP contribution in [0.15, 0.2) is 0 Å². The molecule has 0 bridgehead atoms. The lowest BCUT2D eigenvalue weighted by molar-refractivity contribution is -0.122.